The van der Waals surface area contributed by atoms with Gasteiger partial charge >= 0.3 is 6.03 Å². The van der Waals surface area contributed by atoms with Gasteiger partial charge in [0.05, 0.1) is 19.8 Å². The van der Waals surface area contributed by atoms with E-state index in [1.54, 1.807) is 4.90 Å². The van der Waals surface area contributed by atoms with Gasteiger partial charge in [-0.15, -0.1) is 0 Å². The number of rotatable bonds is 4. The number of aliphatic hydroxyl groups is 1. The number of hydrogen-bond donors (Lipinski definition) is 2. The number of amides is 2. The molecule has 0 bridgehead atoms. The summed E-state index contributed by atoms with van der Waals surface area (Å²) in [6.07, 6.45) is 2.28. The van der Waals surface area contributed by atoms with Crippen molar-refractivity contribution in [3.8, 4) is 0 Å². The number of carbonyl (C=O) groups is 1. The molecule has 2 N–H and O–H groups in total. The van der Waals surface area contributed by atoms with Crippen LogP contribution in [0.2, 0.25) is 0 Å². The monoisotopic (exact) mass is 257 g/mol. The molecule has 2 fully saturated rings. The number of nitrogens with one attached hydrogen (secondary N) is 1. The molecule has 0 spiro atoms. The van der Waals surface area contributed by atoms with E-state index in [1.165, 1.54) is 6.42 Å². The first-order valence-electron chi connectivity index (χ1n) is 6.77. The van der Waals surface area contributed by atoms with Crippen LogP contribution in [0.4, 0.5) is 4.79 Å². The van der Waals surface area contributed by atoms with Gasteiger partial charge in [0.25, 0.3) is 0 Å². The fourth-order valence-corrected chi connectivity index (χ4v) is 2.52. The molecule has 0 radical (unpaired) electrons. The van der Waals surface area contributed by atoms with E-state index in [1.807, 2.05) is 4.90 Å². The van der Waals surface area contributed by atoms with Gasteiger partial charge in [0.2, 0.25) is 0 Å². The standard InChI is InChI=1S/C12H23N3O3/c16-7-4-15(10-11-2-1-3-13-11)12(17)14-5-8-18-9-6-14/h11,13,16H,1-10H2. The first-order valence-corrected chi connectivity index (χ1v) is 6.77. The first-order chi connectivity index (χ1) is 8.81. The molecule has 0 saturated carbocycles. The molecule has 2 aliphatic rings. The van der Waals surface area contributed by atoms with Gasteiger partial charge in [0.15, 0.2) is 0 Å². The predicted octanol–water partition coefficient (Wildman–Crippen LogP) is -0.515. The minimum absolute atomic E-state index is 0.0167. The Bertz CT molecular complexity index is 263. The molecular formula is C12H23N3O3. The maximum atomic E-state index is 12.3. The Morgan fingerprint density at radius 2 is 2.22 bits per heavy atom. The number of hydrogen-bond acceptors (Lipinski definition) is 4. The molecule has 0 aromatic carbocycles. The van der Waals surface area contributed by atoms with Crippen molar-refractivity contribution in [3.63, 3.8) is 0 Å². The van der Waals surface area contributed by atoms with Crippen molar-refractivity contribution in [1.29, 1.82) is 0 Å². The molecule has 1 atom stereocenters. The third-order valence-electron chi connectivity index (χ3n) is 3.53. The lowest BCUT2D eigenvalue weighted by atomic mass is 10.2. The minimum atomic E-state index is 0.0167. The lowest BCUT2D eigenvalue weighted by molar-refractivity contribution is 0.0411. The Hall–Kier alpha value is -0.850. The van der Waals surface area contributed by atoms with E-state index in [-0.39, 0.29) is 12.6 Å². The second kappa shape index (κ2) is 6.92. The van der Waals surface area contributed by atoms with Crippen LogP contribution >= 0.6 is 0 Å². The highest BCUT2D eigenvalue weighted by molar-refractivity contribution is 5.74. The van der Waals surface area contributed by atoms with Crippen LogP contribution in [0.5, 0.6) is 0 Å². The van der Waals surface area contributed by atoms with Crippen LogP contribution in [-0.2, 0) is 4.74 Å². The van der Waals surface area contributed by atoms with Gasteiger partial charge in [-0.3, -0.25) is 0 Å². The molecule has 2 amide bonds. The summed E-state index contributed by atoms with van der Waals surface area (Å²) in [7, 11) is 0. The first kappa shape index (κ1) is 13.6. The Morgan fingerprint density at radius 3 is 2.83 bits per heavy atom. The second-order valence-corrected chi connectivity index (χ2v) is 4.84. The normalized spacial score (nSPS) is 24.3. The van der Waals surface area contributed by atoms with Gasteiger partial charge in [-0.25, -0.2) is 4.79 Å². The Morgan fingerprint density at radius 1 is 1.44 bits per heavy atom. The zero-order chi connectivity index (χ0) is 12.8. The summed E-state index contributed by atoms with van der Waals surface area (Å²) in [4.78, 5) is 15.9. The van der Waals surface area contributed by atoms with Crippen molar-refractivity contribution in [2.75, 3.05) is 52.5 Å². The van der Waals surface area contributed by atoms with E-state index in [0.717, 1.165) is 13.0 Å². The Labute approximate surface area is 108 Å². The highest BCUT2D eigenvalue weighted by Crippen LogP contribution is 2.09. The topological polar surface area (TPSA) is 65.0 Å². The summed E-state index contributed by atoms with van der Waals surface area (Å²) in [6.45, 7) is 4.68. The number of morpholine rings is 1. The van der Waals surface area contributed by atoms with Gasteiger partial charge in [-0.1, -0.05) is 0 Å². The van der Waals surface area contributed by atoms with Crippen LogP contribution in [0.1, 0.15) is 12.8 Å². The second-order valence-electron chi connectivity index (χ2n) is 4.84. The lowest BCUT2D eigenvalue weighted by Crippen LogP contribution is -2.51. The van der Waals surface area contributed by atoms with Crippen LogP contribution in [0.15, 0.2) is 0 Å². The van der Waals surface area contributed by atoms with Crippen LogP contribution in [0, 0.1) is 0 Å². The Kier molecular flexibility index (Phi) is 5.22. The van der Waals surface area contributed by atoms with Crippen molar-refractivity contribution in [2.24, 2.45) is 0 Å². The van der Waals surface area contributed by atoms with E-state index >= 15 is 0 Å². The van der Waals surface area contributed by atoms with Crippen molar-refractivity contribution in [2.45, 2.75) is 18.9 Å². The average molecular weight is 257 g/mol. The van der Waals surface area contributed by atoms with Crippen LogP contribution < -0.4 is 5.32 Å². The van der Waals surface area contributed by atoms with Gasteiger partial charge in [-0.2, -0.15) is 0 Å². The Balaban J connectivity index is 1.87. The van der Waals surface area contributed by atoms with E-state index in [0.29, 0.717) is 45.4 Å². The van der Waals surface area contributed by atoms with E-state index in [4.69, 9.17) is 9.84 Å². The van der Waals surface area contributed by atoms with Crippen molar-refractivity contribution in [1.82, 2.24) is 15.1 Å². The smallest absolute Gasteiger partial charge is 0.320 e. The zero-order valence-electron chi connectivity index (χ0n) is 10.8. The lowest BCUT2D eigenvalue weighted by Gasteiger charge is -2.33. The fourth-order valence-electron chi connectivity index (χ4n) is 2.52. The molecule has 104 valence electrons. The number of carbonyl (C=O) groups excluding carboxylic acids is 1. The highest BCUT2D eigenvalue weighted by atomic mass is 16.5. The fraction of sp³-hybridized carbons (Fsp3) is 0.917. The SMILES string of the molecule is O=C(N1CCOCC1)N(CCO)CC1CCCN1. The molecule has 18 heavy (non-hydrogen) atoms. The van der Waals surface area contributed by atoms with Gasteiger partial charge in [0.1, 0.15) is 0 Å². The van der Waals surface area contributed by atoms with E-state index < -0.39 is 0 Å². The summed E-state index contributed by atoms with van der Waals surface area (Å²) in [6, 6.07) is 0.405. The molecule has 0 aromatic heterocycles. The van der Waals surface area contributed by atoms with E-state index in [9.17, 15) is 4.79 Å². The van der Waals surface area contributed by atoms with Crippen LogP contribution in [0.25, 0.3) is 0 Å². The summed E-state index contributed by atoms with van der Waals surface area (Å²) >= 11 is 0. The van der Waals surface area contributed by atoms with Crippen LogP contribution in [0.3, 0.4) is 0 Å². The maximum absolute atomic E-state index is 12.3. The predicted molar refractivity (Wildman–Crippen MR) is 67.5 cm³/mol. The molecule has 2 rings (SSSR count). The molecule has 0 aliphatic carbocycles. The molecule has 2 heterocycles. The van der Waals surface area contributed by atoms with E-state index in [2.05, 4.69) is 5.32 Å². The molecular weight excluding hydrogens is 234 g/mol. The van der Waals surface area contributed by atoms with Gasteiger partial charge < -0.3 is 25.0 Å². The number of nitrogens with zero attached hydrogens (tertiary/aromatic N) is 2. The van der Waals surface area contributed by atoms with Gasteiger partial charge in [0, 0.05) is 32.2 Å². The molecule has 0 aromatic rings. The molecule has 6 nitrogen and oxygen atoms in total. The largest absolute Gasteiger partial charge is 0.395 e. The molecule has 2 aliphatic heterocycles. The summed E-state index contributed by atoms with van der Waals surface area (Å²) in [5.74, 6) is 0. The average Bonchev–Trinajstić information content (AvgIpc) is 2.91. The summed E-state index contributed by atoms with van der Waals surface area (Å²) in [5.41, 5.74) is 0. The zero-order valence-corrected chi connectivity index (χ0v) is 10.8. The highest BCUT2D eigenvalue weighted by Gasteiger charge is 2.25. The number of urea groups is 1. The maximum Gasteiger partial charge on any atom is 0.320 e. The summed E-state index contributed by atoms with van der Waals surface area (Å²) < 4.78 is 5.25. The molecule has 2 saturated heterocycles. The van der Waals surface area contributed by atoms with Crippen molar-refractivity contribution >= 4 is 6.03 Å². The number of ether oxygens (including phenoxy) is 1. The third kappa shape index (κ3) is 3.57. The van der Waals surface area contributed by atoms with Crippen molar-refractivity contribution in [3.05, 3.63) is 0 Å². The van der Waals surface area contributed by atoms with Crippen LogP contribution in [-0.4, -0.2) is 79.5 Å². The minimum Gasteiger partial charge on any atom is -0.395 e. The molecule has 1 unspecified atom stereocenters. The van der Waals surface area contributed by atoms with Gasteiger partial charge in [-0.05, 0) is 19.4 Å². The van der Waals surface area contributed by atoms with Crippen molar-refractivity contribution < 1.29 is 14.6 Å². The summed E-state index contributed by atoms with van der Waals surface area (Å²) in [5, 5.41) is 12.5. The molecule has 6 heteroatoms. The number of aliphatic hydroxyl groups excluding tert-OH is 1. The third-order valence-corrected chi connectivity index (χ3v) is 3.53. The quantitative estimate of drug-likeness (QED) is 0.711.